The average Bonchev–Trinajstić information content (AvgIpc) is 3.17. The Bertz CT molecular complexity index is 977. The van der Waals surface area contributed by atoms with Crippen molar-refractivity contribution < 1.29 is 19.1 Å². The highest BCUT2D eigenvalue weighted by Crippen LogP contribution is 2.20. The van der Waals surface area contributed by atoms with Crippen molar-refractivity contribution in [2.24, 2.45) is 7.05 Å². The molecule has 1 amide bonds. The predicted octanol–water partition coefficient (Wildman–Crippen LogP) is 2.41. The number of hydrogen-bond donors (Lipinski definition) is 2. The number of carboxylic acid groups (broad SMARTS) is 1. The predicted molar refractivity (Wildman–Crippen MR) is 90.9 cm³/mol. The third-order valence-corrected chi connectivity index (χ3v) is 4.00. The highest BCUT2D eigenvalue weighted by Gasteiger charge is 2.22. The van der Waals surface area contributed by atoms with Crippen LogP contribution in [0.25, 0.3) is 0 Å². The molecule has 0 aliphatic heterocycles. The highest BCUT2D eigenvalue weighted by atomic mass is 35.5. The summed E-state index contributed by atoms with van der Waals surface area (Å²) >= 11 is 5.98. The Morgan fingerprint density at radius 2 is 2.12 bits per heavy atom. The van der Waals surface area contributed by atoms with Crippen LogP contribution < -0.4 is 5.32 Å². The van der Waals surface area contributed by atoms with E-state index in [4.69, 9.17) is 16.7 Å². The van der Waals surface area contributed by atoms with Gasteiger partial charge in [0.15, 0.2) is 11.5 Å². The largest absolute Gasteiger partial charge is 0.477 e. The third kappa shape index (κ3) is 3.42. The standard InChI is InChI=1S/C16H13ClFN5O3/c1-22-14(16(25)26)9(7-19-22)15(24)20-13-5-6-23(21-13)8-10-11(17)3-2-4-12(10)18/h2-7H,8H2,1H3,(H,25,26)(H,20,21,24). The minimum atomic E-state index is -1.27. The molecule has 3 rings (SSSR count). The van der Waals surface area contributed by atoms with Crippen LogP contribution in [0.5, 0.6) is 0 Å². The molecule has 0 atom stereocenters. The molecule has 10 heteroatoms. The van der Waals surface area contributed by atoms with Crippen molar-refractivity contribution in [1.29, 1.82) is 0 Å². The van der Waals surface area contributed by atoms with Crippen molar-refractivity contribution in [3.05, 3.63) is 64.3 Å². The first-order valence-electron chi connectivity index (χ1n) is 7.40. The van der Waals surface area contributed by atoms with Gasteiger partial charge in [-0.2, -0.15) is 10.2 Å². The van der Waals surface area contributed by atoms with E-state index >= 15 is 0 Å². The minimum absolute atomic E-state index is 0.0780. The topological polar surface area (TPSA) is 102 Å². The maximum Gasteiger partial charge on any atom is 0.354 e. The second-order valence-electron chi connectivity index (χ2n) is 5.39. The molecule has 26 heavy (non-hydrogen) atoms. The normalized spacial score (nSPS) is 10.7. The SMILES string of the molecule is Cn1ncc(C(=O)Nc2ccn(Cc3c(F)cccc3Cl)n2)c1C(=O)O. The number of nitrogens with one attached hydrogen (secondary N) is 1. The number of carboxylic acids is 1. The van der Waals surface area contributed by atoms with Crippen molar-refractivity contribution in [3.63, 3.8) is 0 Å². The molecule has 0 radical (unpaired) electrons. The quantitative estimate of drug-likeness (QED) is 0.710. The van der Waals surface area contributed by atoms with Gasteiger partial charge in [-0.05, 0) is 12.1 Å². The van der Waals surface area contributed by atoms with Gasteiger partial charge in [0.2, 0.25) is 0 Å². The fraction of sp³-hybridized carbons (Fsp3) is 0.125. The molecule has 0 aliphatic carbocycles. The van der Waals surface area contributed by atoms with Gasteiger partial charge in [0, 0.05) is 29.9 Å². The summed E-state index contributed by atoms with van der Waals surface area (Å²) in [5.41, 5.74) is -0.0534. The molecule has 2 N–H and O–H groups in total. The number of carbonyl (C=O) groups is 2. The smallest absolute Gasteiger partial charge is 0.354 e. The summed E-state index contributed by atoms with van der Waals surface area (Å²) in [5, 5.41) is 19.8. The zero-order chi connectivity index (χ0) is 18.8. The van der Waals surface area contributed by atoms with E-state index in [0.29, 0.717) is 0 Å². The van der Waals surface area contributed by atoms with Crippen LogP contribution in [0, 0.1) is 5.82 Å². The number of benzene rings is 1. The summed E-state index contributed by atoms with van der Waals surface area (Å²) in [5.74, 6) is -2.21. The van der Waals surface area contributed by atoms with Gasteiger partial charge in [0.05, 0.1) is 18.3 Å². The molecular formula is C16H13ClFN5O3. The van der Waals surface area contributed by atoms with Gasteiger partial charge >= 0.3 is 5.97 Å². The van der Waals surface area contributed by atoms with E-state index < -0.39 is 17.7 Å². The van der Waals surface area contributed by atoms with Crippen molar-refractivity contribution in [1.82, 2.24) is 19.6 Å². The van der Waals surface area contributed by atoms with E-state index in [1.54, 1.807) is 12.3 Å². The van der Waals surface area contributed by atoms with Crippen LogP contribution in [0.4, 0.5) is 10.2 Å². The second kappa shape index (κ2) is 6.96. The van der Waals surface area contributed by atoms with Gasteiger partial charge in [0.1, 0.15) is 5.82 Å². The number of rotatable bonds is 5. The minimum Gasteiger partial charge on any atom is -0.477 e. The van der Waals surface area contributed by atoms with E-state index in [0.717, 1.165) is 10.9 Å². The fourth-order valence-corrected chi connectivity index (χ4v) is 2.63. The maximum absolute atomic E-state index is 13.8. The molecule has 0 saturated carbocycles. The van der Waals surface area contributed by atoms with Gasteiger partial charge in [-0.25, -0.2) is 9.18 Å². The second-order valence-corrected chi connectivity index (χ2v) is 5.80. The van der Waals surface area contributed by atoms with E-state index in [-0.39, 0.29) is 34.2 Å². The van der Waals surface area contributed by atoms with Crippen LogP contribution in [0.1, 0.15) is 26.4 Å². The molecule has 0 fully saturated rings. The Hall–Kier alpha value is -3.20. The summed E-state index contributed by atoms with van der Waals surface area (Å²) < 4.78 is 16.3. The summed E-state index contributed by atoms with van der Waals surface area (Å²) in [6, 6.07) is 5.87. The number of nitrogens with zero attached hydrogens (tertiary/aromatic N) is 4. The van der Waals surface area contributed by atoms with Gasteiger partial charge in [-0.3, -0.25) is 14.2 Å². The molecule has 3 aromatic rings. The van der Waals surface area contributed by atoms with Crippen LogP contribution in [0.15, 0.2) is 36.7 Å². The summed E-state index contributed by atoms with van der Waals surface area (Å²) in [6.07, 6.45) is 2.70. The lowest BCUT2D eigenvalue weighted by Gasteiger charge is -2.06. The van der Waals surface area contributed by atoms with Gasteiger partial charge in [-0.1, -0.05) is 17.7 Å². The number of carbonyl (C=O) groups excluding carboxylic acids is 1. The van der Waals surface area contributed by atoms with Crippen LogP contribution in [0.3, 0.4) is 0 Å². The Morgan fingerprint density at radius 3 is 2.81 bits per heavy atom. The Kier molecular flexibility index (Phi) is 4.72. The number of halogens is 2. The number of anilines is 1. The Labute approximate surface area is 151 Å². The zero-order valence-electron chi connectivity index (χ0n) is 13.5. The lowest BCUT2D eigenvalue weighted by atomic mass is 10.2. The monoisotopic (exact) mass is 377 g/mol. The molecule has 1 aromatic carbocycles. The number of hydrogen-bond acceptors (Lipinski definition) is 4. The van der Waals surface area contributed by atoms with Crippen molar-refractivity contribution in [2.75, 3.05) is 5.32 Å². The molecule has 0 saturated heterocycles. The van der Waals surface area contributed by atoms with Gasteiger partial charge in [-0.15, -0.1) is 0 Å². The van der Waals surface area contributed by atoms with E-state index in [1.807, 2.05) is 0 Å². The van der Waals surface area contributed by atoms with Crippen molar-refractivity contribution >= 4 is 29.3 Å². The average molecular weight is 378 g/mol. The number of amides is 1. The molecule has 8 nitrogen and oxygen atoms in total. The van der Waals surface area contributed by atoms with Crippen molar-refractivity contribution in [3.8, 4) is 0 Å². The molecule has 2 aromatic heterocycles. The molecule has 0 unspecified atom stereocenters. The summed E-state index contributed by atoms with van der Waals surface area (Å²) in [4.78, 5) is 23.5. The zero-order valence-corrected chi connectivity index (χ0v) is 14.2. The van der Waals surface area contributed by atoms with E-state index in [1.165, 1.54) is 29.9 Å². The van der Waals surface area contributed by atoms with Gasteiger partial charge in [0.25, 0.3) is 5.91 Å². The third-order valence-electron chi connectivity index (χ3n) is 3.65. The lowest BCUT2D eigenvalue weighted by molar-refractivity contribution is 0.0680. The maximum atomic E-state index is 13.8. The molecule has 0 aliphatic rings. The van der Waals surface area contributed by atoms with Gasteiger partial charge < -0.3 is 10.4 Å². The molecule has 0 bridgehead atoms. The van der Waals surface area contributed by atoms with Crippen LogP contribution in [-0.2, 0) is 13.6 Å². The number of aromatic carboxylic acids is 1. The Morgan fingerprint density at radius 1 is 1.35 bits per heavy atom. The van der Waals surface area contributed by atoms with Crippen LogP contribution in [-0.4, -0.2) is 36.5 Å². The Balaban J connectivity index is 1.77. The van der Waals surface area contributed by atoms with Crippen LogP contribution >= 0.6 is 11.6 Å². The first-order valence-corrected chi connectivity index (χ1v) is 7.77. The summed E-state index contributed by atoms with van der Waals surface area (Å²) in [6.45, 7) is 0.0780. The molecular weight excluding hydrogens is 365 g/mol. The van der Waals surface area contributed by atoms with Crippen LogP contribution in [0.2, 0.25) is 5.02 Å². The molecule has 134 valence electrons. The van der Waals surface area contributed by atoms with E-state index in [2.05, 4.69) is 15.5 Å². The molecule has 2 heterocycles. The summed E-state index contributed by atoms with van der Waals surface area (Å²) in [7, 11) is 1.42. The highest BCUT2D eigenvalue weighted by molar-refractivity contribution is 6.31. The molecule has 0 spiro atoms. The number of aryl methyl sites for hydroxylation is 1. The fourth-order valence-electron chi connectivity index (χ4n) is 2.40. The number of aromatic nitrogens is 4. The van der Waals surface area contributed by atoms with E-state index in [9.17, 15) is 14.0 Å². The first-order chi connectivity index (χ1) is 12.4. The lowest BCUT2D eigenvalue weighted by Crippen LogP contribution is -2.17. The van der Waals surface area contributed by atoms with Crippen molar-refractivity contribution in [2.45, 2.75) is 6.54 Å². The first kappa shape index (κ1) is 17.6.